The Labute approximate surface area is 238 Å². The number of aromatic nitrogens is 1. The standard InChI is InChI=1S/C31H38FN3O4S/c1-19(2)12-26(35-16-22(8-9-28(35)36)15-34-11-10-24(32)17-34)31(39)33-25(14-29(37)38)23-13-27(40-18-23)30-20(3)6-5-7-21(30)4/h5-9,13,16,18-19,24-26H,10-12,14-15,17H2,1-4H3,(H,33,39)(H,37,38)/t24-,25+,26-/m1/s1. The van der Waals surface area contributed by atoms with Crippen LogP contribution in [0, 0.1) is 19.8 Å². The number of aryl methyl sites for hydroxylation is 2. The van der Waals surface area contributed by atoms with E-state index < -0.39 is 30.1 Å². The smallest absolute Gasteiger partial charge is 0.305 e. The third-order valence-electron chi connectivity index (χ3n) is 7.40. The minimum absolute atomic E-state index is 0.104. The fourth-order valence-electron chi connectivity index (χ4n) is 5.43. The summed E-state index contributed by atoms with van der Waals surface area (Å²) in [4.78, 5) is 41.6. The van der Waals surface area contributed by atoms with Gasteiger partial charge in [0.2, 0.25) is 5.91 Å². The molecule has 1 aliphatic rings. The Morgan fingerprint density at radius 2 is 1.90 bits per heavy atom. The number of benzene rings is 1. The van der Waals surface area contributed by atoms with E-state index in [0.717, 1.165) is 32.7 Å². The molecule has 1 saturated heterocycles. The van der Waals surface area contributed by atoms with E-state index in [-0.39, 0.29) is 17.9 Å². The molecule has 9 heteroatoms. The van der Waals surface area contributed by atoms with E-state index in [9.17, 15) is 23.9 Å². The van der Waals surface area contributed by atoms with Crippen molar-refractivity contribution in [2.45, 2.75) is 71.8 Å². The molecular weight excluding hydrogens is 529 g/mol. The molecule has 4 rings (SSSR count). The highest BCUT2D eigenvalue weighted by Crippen LogP contribution is 2.35. The van der Waals surface area contributed by atoms with Crippen molar-refractivity contribution >= 4 is 23.2 Å². The fraction of sp³-hybridized carbons (Fsp3) is 0.452. The number of nitrogens with zero attached hydrogens (tertiary/aromatic N) is 2. The van der Waals surface area contributed by atoms with E-state index in [1.54, 1.807) is 12.3 Å². The summed E-state index contributed by atoms with van der Waals surface area (Å²) in [6.45, 7) is 9.54. The van der Waals surface area contributed by atoms with Gasteiger partial charge < -0.3 is 15.0 Å². The monoisotopic (exact) mass is 567 g/mol. The first-order valence-corrected chi connectivity index (χ1v) is 14.6. The predicted octanol–water partition coefficient (Wildman–Crippen LogP) is 5.66. The van der Waals surface area contributed by atoms with Crippen LogP contribution in [-0.4, -0.2) is 45.7 Å². The van der Waals surface area contributed by atoms with Crippen molar-refractivity contribution in [2.24, 2.45) is 5.92 Å². The van der Waals surface area contributed by atoms with E-state index in [1.807, 2.05) is 62.2 Å². The van der Waals surface area contributed by atoms with Gasteiger partial charge >= 0.3 is 5.97 Å². The summed E-state index contributed by atoms with van der Waals surface area (Å²) in [6.07, 6.45) is 1.47. The first-order valence-electron chi connectivity index (χ1n) is 13.8. The molecule has 3 aromatic rings. The van der Waals surface area contributed by atoms with E-state index in [2.05, 4.69) is 5.32 Å². The Kier molecular flexibility index (Phi) is 9.58. The summed E-state index contributed by atoms with van der Waals surface area (Å²) in [5.41, 5.74) is 4.60. The van der Waals surface area contributed by atoms with Gasteiger partial charge in [0, 0.05) is 36.8 Å². The molecule has 214 valence electrons. The van der Waals surface area contributed by atoms with Gasteiger partial charge in [-0.05, 0) is 71.9 Å². The van der Waals surface area contributed by atoms with Crippen molar-refractivity contribution < 1.29 is 19.1 Å². The number of aliphatic carboxylic acids is 1. The predicted molar refractivity (Wildman–Crippen MR) is 156 cm³/mol. The maximum atomic E-state index is 13.8. The number of carbonyl (C=O) groups is 2. The Morgan fingerprint density at radius 1 is 1.18 bits per heavy atom. The van der Waals surface area contributed by atoms with Crippen LogP contribution in [0.4, 0.5) is 4.39 Å². The minimum atomic E-state index is -1.03. The number of rotatable bonds is 11. The number of pyridine rings is 1. The maximum absolute atomic E-state index is 13.8. The molecule has 0 unspecified atom stereocenters. The molecular formula is C31H38FN3O4S. The average Bonchev–Trinajstić information content (AvgIpc) is 3.52. The number of likely N-dealkylation sites (tertiary alicyclic amines) is 1. The number of amides is 1. The van der Waals surface area contributed by atoms with Crippen molar-refractivity contribution in [3.63, 3.8) is 0 Å². The number of carbonyl (C=O) groups excluding carboxylic acids is 1. The third kappa shape index (κ3) is 7.26. The maximum Gasteiger partial charge on any atom is 0.305 e. The molecule has 2 aromatic heterocycles. The fourth-order valence-corrected chi connectivity index (χ4v) is 6.57. The largest absolute Gasteiger partial charge is 0.481 e. The second-order valence-corrected chi connectivity index (χ2v) is 12.1. The van der Waals surface area contributed by atoms with Crippen molar-refractivity contribution in [1.29, 1.82) is 0 Å². The summed E-state index contributed by atoms with van der Waals surface area (Å²) >= 11 is 1.52. The number of carboxylic acids is 1. The number of hydrogen-bond acceptors (Lipinski definition) is 5. The molecule has 40 heavy (non-hydrogen) atoms. The molecule has 0 radical (unpaired) electrons. The summed E-state index contributed by atoms with van der Waals surface area (Å²) in [7, 11) is 0. The lowest BCUT2D eigenvalue weighted by molar-refractivity contribution is -0.138. The van der Waals surface area contributed by atoms with Crippen molar-refractivity contribution in [3.05, 3.63) is 80.6 Å². The van der Waals surface area contributed by atoms with E-state index in [0.29, 0.717) is 32.5 Å². The lowest BCUT2D eigenvalue weighted by atomic mass is 9.98. The van der Waals surface area contributed by atoms with Crippen LogP contribution in [0.3, 0.4) is 0 Å². The summed E-state index contributed by atoms with van der Waals surface area (Å²) < 4.78 is 15.1. The zero-order valence-corrected chi connectivity index (χ0v) is 24.3. The van der Waals surface area contributed by atoms with Gasteiger partial charge in [-0.15, -0.1) is 11.3 Å². The Morgan fingerprint density at radius 3 is 2.52 bits per heavy atom. The highest BCUT2D eigenvalue weighted by molar-refractivity contribution is 7.13. The van der Waals surface area contributed by atoms with E-state index in [4.69, 9.17) is 0 Å². The topological polar surface area (TPSA) is 91.6 Å². The molecule has 1 aromatic carbocycles. The second kappa shape index (κ2) is 12.9. The molecule has 2 N–H and O–H groups in total. The van der Waals surface area contributed by atoms with Gasteiger partial charge in [-0.2, -0.15) is 0 Å². The van der Waals surface area contributed by atoms with Crippen LogP contribution in [0.5, 0.6) is 0 Å². The first-order chi connectivity index (χ1) is 19.0. The Bertz CT molecular complexity index is 1400. The zero-order chi connectivity index (χ0) is 29.0. The van der Waals surface area contributed by atoms with Crippen molar-refractivity contribution in [1.82, 2.24) is 14.8 Å². The molecule has 0 bridgehead atoms. The van der Waals surface area contributed by atoms with Crippen LogP contribution in [0.1, 0.15) is 67.4 Å². The van der Waals surface area contributed by atoms with Crippen LogP contribution < -0.4 is 10.9 Å². The third-order valence-corrected chi connectivity index (χ3v) is 8.36. The molecule has 1 fully saturated rings. The lowest BCUT2D eigenvalue weighted by Crippen LogP contribution is -2.40. The van der Waals surface area contributed by atoms with Gasteiger partial charge in [0.05, 0.1) is 12.5 Å². The highest BCUT2D eigenvalue weighted by Gasteiger charge is 2.28. The normalized spacial score (nSPS) is 17.2. The zero-order valence-electron chi connectivity index (χ0n) is 23.5. The Balaban J connectivity index is 1.61. The van der Waals surface area contributed by atoms with Crippen LogP contribution >= 0.6 is 11.3 Å². The molecule has 7 nitrogen and oxygen atoms in total. The summed E-state index contributed by atoms with van der Waals surface area (Å²) in [5, 5.41) is 14.5. The van der Waals surface area contributed by atoms with Gasteiger partial charge in [0.25, 0.3) is 5.56 Å². The van der Waals surface area contributed by atoms with Crippen LogP contribution in [-0.2, 0) is 16.1 Å². The van der Waals surface area contributed by atoms with Crippen LogP contribution in [0.15, 0.2) is 52.8 Å². The highest BCUT2D eigenvalue weighted by atomic mass is 32.1. The average molecular weight is 568 g/mol. The summed E-state index contributed by atoms with van der Waals surface area (Å²) in [5.74, 6) is -1.32. The number of halogens is 1. The minimum Gasteiger partial charge on any atom is -0.481 e. The molecule has 0 aliphatic carbocycles. The number of hydrogen-bond donors (Lipinski definition) is 2. The van der Waals surface area contributed by atoms with Crippen molar-refractivity contribution in [2.75, 3.05) is 13.1 Å². The number of nitrogens with one attached hydrogen (secondary N) is 1. The van der Waals surface area contributed by atoms with Gasteiger partial charge in [-0.3, -0.25) is 19.3 Å². The first kappa shape index (κ1) is 29.7. The number of carboxylic acid groups (broad SMARTS) is 1. The lowest BCUT2D eigenvalue weighted by Gasteiger charge is -2.25. The van der Waals surface area contributed by atoms with Crippen LogP contribution in [0.2, 0.25) is 0 Å². The molecule has 3 heterocycles. The molecule has 0 spiro atoms. The van der Waals surface area contributed by atoms with Gasteiger partial charge in [0.1, 0.15) is 12.2 Å². The SMILES string of the molecule is Cc1cccc(C)c1-c1cc([C@H](CC(=O)O)NC(=O)[C@@H](CC(C)C)n2cc(CN3CC[C@@H](F)C3)ccc2=O)cs1. The Hall–Kier alpha value is -3.30. The van der Waals surface area contributed by atoms with E-state index >= 15 is 0 Å². The number of thiophene rings is 1. The van der Waals surface area contributed by atoms with Gasteiger partial charge in [-0.1, -0.05) is 38.1 Å². The molecule has 1 amide bonds. The van der Waals surface area contributed by atoms with Gasteiger partial charge in [-0.25, -0.2) is 4.39 Å². The molecule has 1 aliphatic heterocycles. The van der Waals surface area contributed by atoms with Crippen LogP contribution in [0.25, 0.3) is 10.4 Å². The number of alkyl halides is 1. The molecule has 0 saturated carbocycles. The second-order valence-electron chi connectivity index (χ2n) is 11.2. The van der Waals surface area contributed by atoms with Crippen molar-refractivity contribution in [3.8, 4) is 10.4 Å². The van der Waals surface area contributed by atoms with E-state index in [1.165, 1.54) is 22.0 Å². The quantitative estimate of drug-likeness (QED) is 0.312. The molecule has 3 atom stereocenters. The van der Waals surface area contributed by atoms with Gasteiger partial charge in [0.15, 0.2) is 0 Å². The summed E-state index contributed by atoms with van der Waals surface area (Å²) in [6, 6.07) is 9.65.